The molecule has 0 aliphatic carbocycles. The highest BCUT2D eigenvalue weighted by atomic mass is 32.2. The fraction of sp³-hybridized carbons (Fsp3) is 0.400. The number of para-hydroxylation sites is 2. The Morgan fingerprint density at radius 2 is 1.88 bits per heavy atom. The Balaban J connectivity index is 1.54. The van der Waals surface area contributed by atoms with E-state index >= 15 is 0 Å². The van der Waals surface area contributed by atoms with Crippen molar-refractivity contribution in [1.29, 1.82) is 0 Å². The smallest absolute Gasteiger partial charge is 0.262 e. The fourth-order valence-electron chi connectivity index (χ4n) is 3.46. The van der Waals surface area contributed by atoms with E-state index in [1.165, 1.54) is 11.8 Å². The molecule has 1 heterocycles. The minimum Gasteiger partial charge on any atom is -0.382 e. The maximum absolute atomic E-state index is 13.0. The Morgan fingerprint density at radius 3 is 2.67 bits per heavy atom. The van der Waals surface area contributed by atoms with Gasteiger partial charge in [0.2, 0.25) is 5.91 Å². The second-order valence-electron chi connectivity index (χ2n) is 7.67. The second kappa shape index (κ2) is 13.0. The Morgan fingerprint density at radius 1 is 1.12 bits per heavy atom. The summed E-state index contributed by atoms with van der Waals surface area (Å²) in [4.78, 5) is 32.2. The molecule has 176 valence electrons. The van der Waals surface area contributed by atoms with Crippen LogP contribution in [0.1, 0.15) is 19.8 Å². The number of hydrogen-bond acceptors (Lipinski definition) is 6. The van der Waals surface area contributed by atoms with Gasteiger partial charge in [0.25, 0.3) is 5.56 Å². The molecule has 3 aromatic rings. The first-order valence-corrected chi connectivity index (χ1v) is 12.3. The summed E-state index contributed by atoms with van der Waals surface area (Å²) < 4.78 is 7.07. The zero-order valence-corrected chi connectivity index (χ0v) is 20.1. The van der Waals surface area contributed by atoms with Gasteiger partial charge in [-0.05, 0) is 44.0 Å². The maximum Gasteiger partial charge on any atom is 0.262 e. The van der Waals surface area contributed by atoms with E-state index in [0.717, 1.165) is 18.7 Å². The van der Waals surface area contributed by atoms with Gasteiger partial charge in [-0.1, -0.05) is 42.1 Å². The third kappa shape index (κ3) is 7.33. The van der Waals surface area contributed by atoms with Crippen LogP contribution >= 0.6 is 11.8 Å². The Labute approximate surface area is 199 Å². The van der Waals surface area contributed by atoms with Gasteiger partial charge in [0.05, 0.1) is 16.7 Å². The van der Waals surface area contributed by atoms with E-state index in [1.807, 2.05) is 50.4 Å². The summed E-state index contributed by atoms with van der Waals surface area (Å²) >= 11 is 1.30. The molecule has 0 saturated heterocycles. The van der Waals surface area contributed by atoms with Crippen molar-refractivity contribution in [2.24, 2.45) is 0 Å². The summed E-state index contributed by atoms with van der Waals surface area (Å²) in [6.07, 6.45) is 1.56. The van der Waals surface area contributed by atoms with Gasteiger partial charge in [-0.15, -0.1) is 0 Å². The minimum absolute atomic E-state index is 0.0642. The third-order valence-electron chi connectivity index (χ3n) is 5.22. The van der Waals surface area contributed by atoms with Crippen LogP contribution < -0.4 is 15.8 Å². The summed E-state index contributed by atoms with van der Waals surface area (Å²) in [5.41, 5.74) is 1.73. The molecule has 0 saturated carbocycles. The molecule has 2 aromatic carbocycles. The van der Waals surface area contributed by atoms with Crippen molar-refractivity contribution in [3.8, 4) is 0 Å². The number of rotatable bonds is 13. The van der Waals surface area contributed by atoms with Crippen LogP contribution in [0.2, 0.25) is 0 Å². The number of nitrogens with zero attached hydrogens (tertiary/aromatic N) is 3. The van der Waals surface area contributed by atoms with Crippen molar-refractivity contribution in [1.82, 2.24) is 14.9 Å². The van der Waals surface area contributed by atoms with Crippen molar-refractivity contribution >= 4 is 34.3 Å². The summed E-state index contributed by atoms with van der Waals surface area (Å²) in [6.45, 7) is 5.13. The molecule has 0 fully saturated rings. The second-order valence-corrected chi connectivity index (χ2v) is 8.61. The molecule has 1 aromatic heterocycles. The van der Waals surface area contributed by atoms with Gasteiger partial charge in [-0.3, -0.25) is 14.2 Å². The van der Waals surface area contributed by atoms with Crippen molar-refractivity contribution in [2.75, 3.05) is 44.0 Å². The number of aromatic nitrogens is 2. The molecule has 0 aliphatic heterocycles. The SMILES string of the molecule is CCOCCCn1c(SCC(=O)NCCCN(C)c2ccccc2)nc2ccccc2c1=O. The van der Waals surface area contributed by atoms with Crippen LogP contribution in [0.25, 0.3) is 10.9 Å². The maximum atomic E-state index is 13.0. The van der Waals surface area contributed by atoms with E-state index in [2.05, 4.69) is 27.3 Å². The zero-order valence-electron chi connectivity index (χ0n) is 19.3. The van der Waals surface area contributed by atoms with E-state index < -0.39 is 0 Å². The molecule has 7 nitrogen and oxygen atoms in total. The van der Waals surface area contributed by atoms with Gasteiger partial charge in [-0.2, -0.15) is 0 Å². The van der Waals surface area contributed by atoms with Gasteiger partial charge < -0.3 is 15.0 Å². The number of hydrogen-bond donors (Lipinski definition) is 1. The molecular weight excluding hydrogens is 436 g/mol. The molecule has 0 radical (unpaired) electrons. The van der Waals surface area contributed by atoms with E-state index in [1.54, 1.807) is 10.6 Å². The van der Waals surface area contributed by atoms with Crippen LogP contribution in [-0.2, 0) is 16.1 Å². The number of amides is 1. The lowest BCUT2D eigenvalue weighted by Crippen LogP contribution is -2.30. The zero-order chi connectivity index (χ0) is 23.5. The van der Waals surface area contributed by atoms with Crippen molar-refractivity contribution in [3.05, 3.63) is 65.0 Å². The van der Waals surface area contributed by atoms with Crippen LogP contribution in [-0.4, -0.2) is 54.6 Å². The standard InChI is InChI=1S/C25H32N4O3S/c1-3-32-18-10-17-29-24(31)21-13-7-8-14-22(21)27-25(29)33-19-23(30)26-15-9-16-28(2)20-11-5-4-6-12-20/h4-8,11-14H,3,9-10,15-19H2,1-2H3,(H,26,30). The van der Waals surface area contributed by atoms with Crippen molar-refractivity contribution in [3.63, 3.8) is 0 Å². The van der Waals surface area contributed by atoms with E-state index in [0.29, 0.717) is 48.8 Å². The number of nitrogens with one attached hydrogen (secondary N) is 1. The highest BCUT2D eigenvalue weighted by Gasteiger charge is 2.13. The largest absolute Gasteiger partial charge is 0.382 e. The van der Waals surface area contributed by atoms with Gasteiger partial charge in [0.1, 0.15) is 0 Å². The highest BCUT2D eigenvalue weighted by Crippen LogP contribution is 2.18. The monoisotopic (exact) mass is 468 g/mol. The number of anilines is 1. The first-order valence-electron chi connectivity index (χ1n) is 11.3. The molecule has 0 bridgehead atoms. The Kier molecular flexibility index (Phi) is 9.77. The number of fused-ring (bicyclic) bond motifs is 1. The van der Waals surface area contributed by atoms with Crippen LogP contribution in [0, 0.1) is 0 Å². The first-order chi connectivity index (χ1) is 16.1. The fourth-order valence-corrected chi connectivity index (χ4v) is 4.32. The van der Waals surface area contributed by atoms with Gasteiger partial charge in [0.15, 0.2) is 5.16 Å². The molecule has 33 heavy (non-hydrogen) atoms. The number of benzene rings is 2. The lowest BCUT2D eigenvalue weighted by Gasteiger charge is -2.19. The molecule has 0 spiro atoms. The number of thioether (sulfide) groups is 1. The van der Waals surface area contributed by atoms with Gasteiger partial charge >= 0.3 is 0 Å². The number of ether oxygens (including phenoxy) is 1. The molecule has 1 amide bonds. The van der Waals surface area contributed by atoms with E-state index in [9.17, 15) is 9.59 Å². The van der Waals surface area contributed by atoms with Crippen molar-refractivity contribution in [2.45, 2.75) is 31.5 Å². The molecule has 0 atom stereocenters. The predicted molar refractivity (Wildman–Crippen MR) is 135 cm³/mol. The number of carbonyl (C=O) groups excluding carboxylic acids is 1. The number of carbonyl (C=O) groups is 1. The molecule has 3 rings (SSSR count). The van der Waals surface area contributed by atoms with E-state index in [4.69, 9.17) is 4.74 Å². The summed E-state index contributed by atoms with van der Waals surface area (Å²) in [6, 6.07) is 17.5. The molecule has 0 aliphatic rings. The average molecular weight is 469 g/mol. The summed E-state index contributed by atoms with van der Waals surface area (Å²) in [7, 11) is 2.04. The normalized spacial score (nSPS) is 11.0. The van der Waals surface area contributed by atoms with E-state index in [-0.39, 0.29) is 17.2 Å². The van der Waals surface area contributed by atoms with Crippen LogP contribution in [0.5, 0.6) is 0 Å². The first kappa shape index (κ1) is 24.8. The molecule has 0 unspecified atom stereocenters. The van der Waals surface area contributed by atoms with Crippen molar-refractivity contribution < 1.29 is 9.53 Å². The topological polar surface area (TPSA) is 76.5 Å². The predicted octanol–water partition coefficient (Wildman–Crippen LogP) is 3.56. The summed E-state index contributed by atoms with van der Waals surface area (Å²) in [5.74, 6) is 0.149. The molecule has 8 heteroatoms. The Bertz CT molecular complexity index is 1090. The summed E-state index contributed by atoms with van der Waals surface area (Å²) in [5, 5.41) is 4.12. The van der Waals surface area contributed by atoms with Gasteiger partial charge in [-0.25, -0.2) is 4.98 Å². The average Bonchev–Trinajstić information content (AvgIpc) is 2.85. The van der Waals surface area contributed by atoms with Crippen LogP contribution in [0.4, 0.5) is 5.69 Å². The molecular formula is C25H32N4O3S. The lowest BCUT2D eigenvalue weighted by molar-refractivity contribution is -0.118. The van der Waals surface area contributed by atoms with Gasteiger partial charge in [0, 0.05) is 45.6 Å². The minimum atomic E-state index is -0.0797. The van der Waals surface area contributed by atoms with Crippen LogP contribution in [0.15, 0.2) is 64.5 Å². The quantitative estimate of drug-likeness (QED) is 0.235. The highest BCUT2D eigenvalue weighted by molar-refractivity contribution is 7.99. The molecule has 1 N–H and O–H groups in total. The lowest BCUT2D eigenvalue weighted by atomic mass is 10.2. The van der Waals surface area contributed by atoms with Crippen LogP contribution in [0.3, 0.4) is 0 Å². The third-order valence-corrected chi connectivity index (χ3v) is 6.20. The Hall–Kier alpha value is -2.84.